The van der Waals surface area contributed by atoms with Gasteiger partial charge in [0.05, 0.1) is 5.69 Å². The molecule has 0 aliphatic carbocycles. The summed E-state index contributed by atoms with van der Waals surface area (Å²) in [5, 5.41) is 5.93. The van der Waals surface area contributed by atoms with Crippen molar-refractivity contribution >= 4 is 28.8 Å². The zero-order valence-corrected chi connectivity index (χ0v) is 12.4. The first-order chi connectivity index (χ1) is 11.1. The number of pyridine rings is 1. The number of para-hydroxylation sites is 1. The normalized spacial score (nSPS) is 10.3. The van der Waals surface area contributed by atoms with Crippen molar-refractivity contribution in [3.63, 3.8) is 0 Å². The van der Waals surface area contributed by atoms with Crippen LogP contribution < -0.4 is 16.4 Å². The SMILES string of the molecule is Cc1cccnc1Nc1ncnc(Nc2ccccc2F)c1N. The van der Waals surface area contributed by atoms with Gasteiger partial charge in [-0.2, -0.15) is 0 Å². The predicted molar refractivity (Wildman–Crippen MR) is 88.4 cm³/mol. The second kappa shape index (κ2) is 6.27. The van der Waals surface area contributed by atoms with E-state index >= 15 is 0 Å². The maximum absolute atomic E-state index is 13.7. The Morgan fingerprint density at radius 1 is 0.913 bits per heavy atom. The fourth-order valence-electron chi connectivity index (χ4n) is 2.01. The third-order valence-corrected chi connectivity index (χ3v) is 3.26. The molecule has 0 fully saturated rings. The maximum Gasteiger partial charge on any atom is 0.160 e. The molecule has 23 heavy (non-hydrogen) atoms. The van der Waals surface area contributed by atoms with Crippen molar-refractivity contribution < 1.29 is 4.39 Å². The molecule has 116 valence electrons. The number of anilines is 5. The summed E-state index contributed by atoms with van der Waals surface area (Å²) in [7, 11) is 0. The van der Waals surface area contributed by atoms with Crippen LogP contribution >= 0.6 is 0 Å². The van der Waals surface area contributed by atoms with Gasteiger partial charge in [0, 0.05) is 6.20 Å². The van der Waals surface area contributed by atoms with Gasteiger partial charge in [0.15, 0.2) is 11.6 Å². The standard InChI is InChI=1S/C16H15FN6/c1-10-5-4-8-19-14(10)23-16-13(18)15(20-9-21-16)22-12-7-3-2-6-11(12)17/h2-9H,18H2,1H3,(H2,19,20,21,22,23). The van der Waals surface area contributed by atoms with E-state index in [4.69, 9.17) is 5.73 Å². The van der Waals surface area contributed by atoms with Crippen LogP contribution in [0, 0.1) is 12.7 Å². The Labute approximate surface area is 132 Å². The molecule has 0 amide bonds. The van der Waals surface area contributed by atoms with E-state index in [1.165, 1.54) is 12.4 Å². The van der Waals surface area contributed by atoms with Crippen LogP contribution in [0.4, 0.5) is 33.2 Å². The first kappa shape index (κ1) is 14.7. The first-order valence-electron chi connectivity index (χ1n) is 6.96. The van der Waals surface area contributed by atoms with Crippen molar-refractivity contribution in [1.29, 1.82) is 0 Å². The highest BCUT2D eigenvalue weighted by molar-refractivity contribution is 5.80. The highest BCUT2D eigenvalue weighted by Gasteiger charge is 2.11. The molecule has 6 nitrogen and oxygen atoms in total. The van der Waals surface area contributed by atoms with Gasteiger partial charge >= 0.3 is 0 Å². The Balaban J connectivity index is 1.90. The van der Waals surface area contributed by atoms with E-state index in [2.05, 4.69) is 25.6 Å². The monoisotopic (exact) mass is 310 g/mol. The van der Waals surface area contributed by atoms with Crippen molar-refractivity contribution in [1.82, 2.24) is 15.0 Å². The number of aromatic nitrogens is 3. The van der Waals surface area contributed by atoms with Crippen LogP contribution in [-0.4, -0.2) is 15.0 Å². The second-order valence-corrected chi connectivity index (χ2v) is 4.88. The summed E-state index contributed by atoms with van der Waals surface area (Å²) in [6.07, 6.45) is 3.02. The van der Waals surface area contributed by atoms with Crippen LogP contribution in [0.5, 0.6) is 0 Å². The molecule has 0 bridgehead atoms. The van der Waals surface area contributed by atoms with Gasteiger partial charge in [-0.3, -0.25) is 0 Å². The molecule has 3 aromatic rings. The Kier molecular flexibility index (Phi) is 4.01. The number of hydrogen-bond acceptors (Lipinski definition) is 6. The summed E-state index contributed by atoms with van der Waals surface area (Å²) < 4.78 is 13.7. The van der Waals surface area contributed by atoms with Crippen LogP contribution in [0.2, 0.25) is 0 Å². The summed E-state index contributed by atoms with van der Waals surface area (Å²) in [6.45, 7) is 1.92. The van der Waals surface area contributed by atoms with Crippen molar-refractivity contribution in [2.75, 3.05) is 16.4 Å². The van der Waals surface area contributed by atoms with E-state index in [0.29, 0.717) is 17.5 Å². The molecule has 3 rings (SSSR count). The lowest BCUT2D eigenvalue weighted by Gasteiger charge is -2.13. The lowest BCUT2D eigenvalue weighted by molar-refractivity contribution is 0.632. The van der Waals surface area contributed by atoms with Crippen molar-refractivity contribution in [2.24, 2.45) is 0 Å². The third kappa shape index (κ3) is 3.18. The summed E-state index contributed by atoms with van der Waals surface area (Å²) >= 11 is 0. The number of nitrogens with zero attached hydrogens (tertiary/aromatic N) is 3. The number of hydrogen-bond donors (Lipinski definition) is 3. The number of nitrogens with two attached hydrogens (primary N) is 1. The molecule has 1 aromatic carbocycles. The van der Waals surface area contributed by atoms with Crippen LogP contribution in [-0.2, 0) is 0 Å². The van der Waals surface area contributed by atoms with Crippen LogP contribution in [0.3, 0.4) is 0 Å². The molecule has 0 radical (unpaired) electrons. The van der Waals surface area contributed by atoms with E-state index in [9.17, 15) is 4.39 Å². The third-order valence-electron chi connectivity index (χ3n) is 3.26. The molecule has 2 heterocycles. The fourth-order valence-corrected chi connectivity index (χ4v) is 2.01. The summed E-state index contributed by atoms with van der Waals surface area (Å²) in [4.78, 5) is 12.4. The van der Waals surface area contributed by atoms with E-state index in [1.807, 2.05) is 19.1 Å². The largest absolute Gasteiger partial charge is 0.393 e. The van der Waals surface area contributed by atoms with E-state index in [-0.39, 0.29) is 17.2 Å². The lowest BCUT2D eigenvalue weighted by atomic mass is 10.3. The van der Waals surface area contributed by atoms with Gasteiger partial charge < -0.3 is 16.4 Å². The number of nitrogens with one attached hydrogen (secondary N) is 2. The number of rotatable bonds is 4. The molecular weight excluding hydrogens is 295 g/mol. The van der Waals surface area contributed by atoms with Gasteiger partial charge in [-0.15, -0.1) is 0 Å². The topological polar surface area (TPSA) is 88.8 Å². The Hall–Kier alpha value is -3.22. The van der Waals surface area contributed by atoms with Gasteiger partial charge in [0.25, 0.3) is 0 Å². The molecule has 0 saturated carbocycles. The van der Waals surface area contributed by atoms with E-state index < -0.39 is 0 Å². The van der Waals surface area contributed by atoms with Gasteiger partial charge in [0.1, 0.15) is 23.6 Å². The molecule has 0 spiro atoms. The van der Waals surface area contributed by atoms with Crippen molar-refractivity contribution in [3.8, 4) is 0 Å². The van der Waals surface area contributed by atoms with Gasteiger partial charge in [0.2, 0.25) is 0 Å². The predicted octanol–water partition coefficient (Wildman–Crippen LogP) is 3.39. The number of aryl methyl sites for hydroxylation is 1. The molecule has 4 N–H and O–H groups in total. The average molecular weight is 310 g/mol. The quantitative estimate of drug-likeness (QED) is 0.684. The Morgan fingerprint density at radius 2 is 1.65 bits per heavy atom. The Morgan fingerprint density at radius 3 is 2.39 bits per heavy atom. The number of nitrogen functional groups attached to an aromatic ring is 1. The molecule has 0 atom stereocenters. The van der Waals surface area contributed by atoms with E-state index in [0.717, 1.165) is 5.56 Å². The number of halogens is 1. The smallest absolute Gasteiger partial charge is 0.160 e. The molecule has 2 aromatic heterocycles. The zero-order valence-electron chi connectivity index (χ0n) is 12.4. The minimum atomic E-state index is -0.388. The maximum atomic E-state index is 13.7. The van der Waals surface area contributed by atoms with Crippen LogP contribution in [0.15, 0.2) is 48.9 Å². The summed E-state index contributed by atoms with van der Waals surface area (Å²) in [5.74, 6) is 0.983. The number of benzene rings is 1. The zero-order chi connectivity index (χ0) is 16.2. The van der Waals surface area contributed by atoms with Crippen molar-refractivity contribution in [2.45, 2.75) is 6.92 Å². The van der Waals surface area contributed by atoms with Gasteiger partial charge in [-0.1, -0.05) is 18.2 Å². The molecule has 0 aliphatic heterocycles. The highest BCUT2D eigenvalue weighted by Crippen LogP contribution is 2.28. The average Bonchev–Trinajstić information content (AvgIpc) is 2.55. The summed E-state index contributed by atoms with van der Waals surface area (Å²) in [6, 6.07) is 10.1. The first-order valence-corrected chi connectivity index (χ1v) is 6.96. The fraction of sp³-hybridized carbons (Fsp3) is 0.0625. The Bertz CT molecular complexity index is 771. The molecule has 0 unspecified atom stereocenters. The van der Waals surface area contributed by atoms with Gasteiger partial charge in [-0.05, 0) is 30.7 Å². The molecule has 0 aliphatic rings. The van der Waals surface area contributed by atoms with Crippen molar-refractivity contribution in [3.05, 3.63) is 60.3 Å². The molecule has 7 heteroatoms. The van der Waals surface area contributed by atoms with Crippen LogP contribution in [0.25, 0.3) is 0 Å². The lowest BCUT2D eigenvalue weighted by Crippen LogP contribution is -2.07. The molecule has 0 saturated heterocycles. The van der Waals surface area contributed by atoms with Crippen LogP contribution in [0.1, 0.15) is 5.56 Å². The molecular formula is C16H15FN6. The van der Waals surface area contributed by atoms with Gasteiger partial charge in [-0.25, -0.2) is 19.3 Å². The minimum absolute atomic E-state index is 0.279. The summed E-state index contributed by atoms with van der Waals surface area (Å²) in [5.41, 5.74) is 7.60. The minimum Gasteiger partial charge on any atom is -0.393 e. The van der Waals surface area contributed by atoms with E-state index in [1.54, 1.807) is 24.4 Å². The highest BCUT2D eigenvalue weighted by atomic mass is 19.1. The second-order valence-electron chi connectivity index (χ2n) is 4.88.